The zero-order valence-corrected chi connectivity index (χ0v) is 6.45. The van der Waals surface area contributed by atoms with E-state index in [0.29, 0.717) is 11.3 Å². The molecule has 12 heavy (non-hydrogen) atoms. The molecule has 7 heteroatoms. The van der Waals surface area contributed by atoms with E-state index in [2.05, 4.69) is 0 Å². The second-order valence-electron chi connectivity index (χ2n) is 2.08. The van der Waals surface area contributed by atoms with Crippen molar-refractivity contribution in [3.63, 3.8) is 0 Å². The molecule has 0 atom stereocenters. The van der Waals surface area contributed by atoms with Gasteiger partial charge in [0.15, 0.2) is 0 Å². The molecular formula is C5H3BF3O2S-. The van der Waals surface area contributed by atoms with Gasteiger partial charge in [0.1, 0.15) is 0 Å². The third kappa shape index (κ3) is 1.61. The van der Waals surface area contributed by atoms with Crippen molar-refractivity contribution >= 4 is 29.7 Å². The minimum atomic E-state index is -5.20. The second kappa shape index (κ2) is 2.82. The van der Waals surface area contributed by atoms with Crippen molar-refractivity contribution in [2.75, 3.05) is 0 Å². The molecular weight excluding hydrogens is 192 g/mol. The van der Waals surface area contributed by atoms with Gasteiger partial charge in [-0.25, -0.2) is 4.79 Å². The highest BCUT2D eigenvalue weighted by Crippen LogP contribution is 2.16. The number of hydrogen-bond donors (Lipinski definition) is 1. The van der Waals surface area contributed by atoms with Gasteiger partial charge < -0.3 is 18.1 Å². The molecule has 0 saturated carbocycles. The van der Waals surface area contributed by atoms with Crippen molar-refractivity contribution in [1.82, 2.24) is 0 Å². The quantitative estimate of drug-likeness (QED) is 0.726. The van der Waals surface area contributed by atoms with Crippen LogP contribution in [0.25, 0.3) is 0 Å². The Morgan fingerprint density at radius 3 is 2.42 bits per heavy atom. The number of carbonyl (C=O) groups is 1. The van der Waals surface area contributed by atoms with Crippen LogP contribution in [-0.4, -0.2) is 18.1 Å². The standard InChI is InChI=1S/C5H3BF3O2S/c7-6(8,9)3-1-2-12-4(3)5(10)11/h1-2H,(H,10,11)/q-1. The van der Waals surface area contributed by atoms with Gasteiger partial charge in [-0.05, 0) is 5.38 Å². The first kappa shape index (κ1) is 9.12. The number of carboxylic acid groups (broad SMARTS) is 1. The third-order valence-corrected chi connectivity index (χ3v) is 2.16. The zero-order valence-electron chi connectivity index (χ0n) is 5.63. The molecule has 0 spiro atoms. The minimum absolute atomic E-state index is 0.581. The highest BCUT2D eigenvalue weighted by atomic mass is 32.1. The van der Waals surface area contributed by atoms with Crippen LogP contribution >= 0.6 is 11.3 Å². The SMILES string of the molecule is O=C(O)c1sccc1[B-](F)(F)F. The number of halogens is 3. The molecule has 66 valence electrons. The summed E-state index contributed by atoms with van der Waals surface area (Å²) < 4.78 is 36.1. The fourth-order valence-corrected chi connectivity index (χ4v) is 1.54. The molecule has 0 aromatic carbocycles. The largest absolute Gasteiger partial charge is 0.511 e. The summed E-state index contributed by atoms with van der Waals surface area (Å²) in [6, 6.07) is 0.786. The summed E-state index contributed by atoms with van der Waals surface area (Å²) in [5.41, 5.74) is -1.02. The average Bonchev–Trinajstić information content (AvgIpc) is 2.30. The van der Waals surface area contributed by atoms with E-state index in [9.17, 15) is 17.7 Å². The van der Waals surface area contributed by atoms with E-state index in [1.54, 1.807) is 0 Å². The van der Waals surface area contributed by atoms with Crippen LogP contribution in [0.5, 0.6) is 0 Å². The van der Waals surface area contributed by atoms with E-state index in [1.807, 2.05) is 0 Å². The molecule has 1 aromatic rings. The number of rotatable bonds is 2. The van der Waals surface area contributed by atoms with E-state index in [0.717, 1.165) is 11.4 Å². The highest BCUT2D eigenvalue weighted by molar-refractivity contribution is 7.13. The van der Waals surface area contributed by atoms with Crippen molar-refractivity contribution in [2.45, 2.75) is 0 Å². The van der Waals surface area contributed by atoms with Crippen LogP contribution < -0.4 is 5.46 Å². The Morgan fingerprint density at radius 2 is 2.08 bits per heavy atom. The normalized spacial score (nSPS) is 11.6. The van der Waals surface area contributed by atoms with Crippen molar-refractivity contribution < 1.29 is 22.8 Å². The lowest BCUT2D eigenvalue weighted by Gasteiger charge is -2.12. The monoisotopic (exact) mass is 195 g/mol. The Kier molecular flexibility index (Phi) is 2.14. The Balaban J connectivity index is 3.17. The molecule has 2 nitrogen and oxygen atoms in total. The number of carboxylic acids is 1. The van der Waals surface area contributed by atoms with Gasteiger partial charge in [-0.15, -0.1) is 11.3 Å². The van der Waals surface area contributed by atoms with Crippen LogP contribution in [0.15, 0.2) is 11.4 Å². The first-order chi connectivity index (χ1) is 5.43. The van der Waals surface area contributed by atoms with Gasteiger partial charge in [0.2, 0.25) is 0 Å². The summed E-state index contributed by atoms with van der Waals surface area (Å²) in [5.74, 6) is -1.53. The Labute approximate surface area is 69.7 Å². The van der Waals surface area contributed by atoms with Gasteiger partial charge in [0, 0.05) is 0 Å². The summed E-state index contributed by atoms with van der Waals surface area (Å²) in [4.78, 5) is 9.61. The van der Waals surface area contributed by atoms with E-state index in [4.69, 9.17) is 5.11 Å². The predicted molar refractivity (Wildman–Crippen MR) is 40.0 cm³/mol. The molecule has 1 rings (SSSR count). The predicted octanol–water partition coefficient (Wildman–Crippen LogP) is 1.50. The van der Waals surface area contributed by atoms with Crippen molar-refractivity contribution in [3.05, 3.63) is 16.3 Å². The maximum atomic E-state index is 12.0. The molecule has 0 aliphatic carbocycles. The Hall–Kier alpha value is -0.975. The van der Waals surface area contributed by atoms with Gasteiger partial charge in [-0.1, -0.05) is 11.5 Å². The molecule has 0 bridgehead atoms. The molecule has 1 aromatic heterocycles. The van der Waals surface area contributed by atoms with Gasteiger partial charge in [-0.3, -0.25) is 0 Å². The number of aromatic carboxylic acids is 1. The minimum Gasteiger partial charge on any atom is -0.477 e. The molecule has 1 N–H and O–H groups in total. The van der Waals surface area contributed by atoms with Gasteiger partial charge in [0.25, 0.3) is 0 Å². The molecule has 0 saturated heterocycles. The Morgan fingerprint density at radius 1 is 1.50 bits per heavy atom. The van der Waals surface area contributed by atoms with Crippen LogP contribution in [0.4, 0.5) is 12.9 Å². The van der Waals surface area contributed by atoms with E-state index < -0.39 is 23.3 Å². The molecule has 0 aliphatic heterocycles. The second-order valence-corrected chi connectivity index (χ2v) is 3.00. The first-order valence-electron chi connectivity index (χ1n) is 2.93. The average molecular weight is 195 g/mol. The molecule has 0 aliphatic rings. The molecule has 0 fully saturated rings. The van der Waals surface area contributed by atoms with Gasteiger partial charge in [0.05, 0.1) is 4.88 Å². The summed E-state index contributed by atoms with van der Waals surface area (Å²) in [5, 5.41) is 9.46. The fraction of sp³-hybridized carbons (Fsp3) is 0. The van der Waals surface area contributed by atoms with Crippen LogP contribution in [0.1, 0.15) is 9.67 Å². The number of hydrogen-bond acceptors (Lipinski definition) is 2. The van der Waals surface area contributed by atoms with Crippen LogP contribution in [0.2, 0.25) is 0 Å². The maximum absolute atomic E-state index is 12.0. The van der Waals surface area contributed by atoms with Crippen LogP contribution in [0.3, 0.4) is 0 Å². The van der Waals surface area contributed by atoms with Crippen molar-refractivity contribution in [3.8, 4) is 0 Å². The maximum Gasteiger partial charge on any atom is 0.511 e. The highest BCUT2D eigenvalue weighted by Gasteiger charge is 2.31. The summed E-state index contributed by atoms with van der Waals surface area (Å²) in [6.45, 7) is -5.20. The number of thiophene rings is 1. The van der Waals surface area contributed by atoms with Crippen LogP contribution in [0, 0.1) is 0 Å². The van der Waals surface area contributed by atoms with E-state index in [1.165, 1.54) is 0 Å². The Bertz CT molecular complexity index is 306. The fourth-order valence-electron chi connectivity index (χ4n) is 0.751. The lowest BCUT2D eigenvalue weighted by atomic mass is 9.80. The third-order valence-electron chi connectivity index (χ3n) is 1.24. The first-order valence-corrected chi connectivity index (χ1v) is 3.81. The molecule has 0 amide bonds. The molecule has 1 heterocycles. The lowest BCUT2D eigenvalue weighted by molar-refractivity contribution is 0.0703. The van der Waals surface area contributed by atoms with E-state index >= 15 is 0 Å². The summed E-state index contributed by atoms with van der Waals surface area (Å²) in [6.07, 6.45) is 0. The van der Waals surface area contributed by atoms with E-state index in [-0.39, 0.29) is 0 Å². The summed E-state index contributed by atoms with van der Waals surface area (Å²) >= 11 is 0.581. The smallest absolute Gasteiger partial charge is 0.477 e. The van der Waals surface area contributed by atoms with Crippen molar-refractivity contribution in [2.24, 2.45) is 0 Å². The zero-order chi connectivity index (χ0) is 9.35. The summed E-state index contributed by atoms with van der Waals surface area (Å²) in [7, 11) is 0. The van der Waals surface area contributed by atoms with Gasteiger partial charge in [-0.2, -0.15) is 0 Å². The lowest BCUT2D eigenvalue weighted by Crippen LogP contribution is -2.36. The van der Waals surface area contributed by atoms with Crippen LogP contribution in [-0.2, 0) is 0 Å². The van der Waals surface area contributed by atoms with Gasteiger partial charge >= 0.3 is 12.9 Å². The topological polar surface area (TPSA) is 37.3 Å². The molecule has 0 unspecified atom stereocenters. The van der Waals surface area contributed by atoms with Crippen molar-refractivity contribution in [1.29, 1.82) is 0 Å². The molecule has 0 radical (unpaired) electrons.